The Morgan fingerprint density at radius 2 is 1.95 bits per heavy atom. The summed E-state index contributed by atoms with van der Waals surface area (Å²) in [7, 11) is 0. The maximum atomic E-state index is 13.4. The Bertz CT molecular complexity index is 395. The molecule has 0 heterocycles. The molecule has 106 valence electrons. The van der Waals surface area contributed by atoms with Crippen molar-refractivity contribution < 1.29 is 9.18 Å². The van der Waals surface area contributed by atoms with Crippen LogP contribution >= 0.6 is 0 Å². The molecule has 0 aromatic heterocycles. The zero-order chi connectivity index (χ0) is 14.1. The van der Waals surface area contributed by atoms with Crippen molar-refractivity contribution in [3.8, 4) is 0 Å². The molecule has 1 aromatic rings. The number of hydrogen-bond acceptors (Lipinski definition) is 1. The molecule has 19 heavy (non-hydrogen) atoms. The highest BCUT2D eigenvalue weighted by Crippen LogP contribution is 2.06. The number of urea groups is 1. The van der Waals surface area contributed by atoms with E-state index in [1.807, 2.05) is 6.92 Å². The Hall–Kier alpha value is -1.58. The van der Waals surface area contributed by atoms with Crippen molar-refractivity contribution >= 4 is 6.03 Å². The van der Waals surface area contributed by atoms with Gasteiger partial charge in [-0.2, -0.15) is 0 Å². The summed E-state index contributed by atoms with van der Waals surface area (Å²) in [4.78, 5) is 13.8. The zero-order valence-corrected chi connectivity index (χ0v) is 11.8. The number of benzene rings is 1. The zero-order valence-electron chi connectivity index (χ0n) is 11.8. The number of nitrogens with one attached hydrogen (secondary N) is 1. The van der Waals surface area contributed by atoms with Gasteiger partial charge < -0.3 is 10.2 Å². The Balaban J connectivity index is 2.50. The van der Waals surface area contributed by atoms with Gasteiger partial charge in [-0.25, -0.2) is 9.18 Å². The molecule has 0 unspecified atom stereocenters. The van der Waals surface area contributed by atoms with E-state index in [0.29, 0.717) is 5.56 Å². The van der Waals surface area contributed by atoms with Crippen LogP contribution in [0.1, 0.15) is 38.7 Å². The average molecular weight is 266 g/mol. The molecule has 0 aliphatic heterocycles. The summed E-state index contributed by atoms with van der Waals surface area (Å²) in [6, 6.07) is 6.39. The van der Waals surface area contributed by atoms with Crippen LogP contribution in [-0.4, -0.2) is 24.0 Å². The van der Waals surface area contributed by atoms with Gasteiger partial charge in [-0.3, -0.25) is 0 Å². The first-order valence-corrected chi connectivity index (χ1v) is 6.95. The fraction of sp³-hybridized carbons (Fsp3) is 0.533. The number of rotatable bonds is 7. The van der Waals surface area contributed by atoms with Crippen molar-refractivity contribution in [2.75, 3.05) is 13.1 Å². The van der Waals surface area contributed by atoms with Gasteiger partial charge in [0.25, 0.3) is 0 Å². The summed E-state index contributed by atoms with van der Waals surface area (Å²) in [6.45, 7) is 5.87. The summed E-state index contributed by atoms with van der Waals surface area (Å²) in [5.41, 5.74) is 0.516. The second kappa shape index (κ2) is 8.51. The van der Waals surface area contributed by atoms with E-state index in [-0.39, 0.29) is 18.4 Å². The van der Waals surface area contributed by atoms with Crippen LogP contribution in [0.4, 0.5) is 9.18 Å². The first-order valence-electron chi connectivity index (χ1n) is 6.95. The van der Waals surface area contributed by atoms with Crippen LogP contribution in [-0.2, 0) is 6.54 Å². The third kappa shape index (κ3) is 5.28. The predicted molar refractivity (Wildman–Crippen MR) is 75.4 cm³/mol. The van der Waals surface area contributed by atoms with Crippen molar-refractivity contribution in [1.82, 2.24) is 10.2 Å². The maximum absolute atomic E-state index is 13.4. The summed E-state index contributed by atoms with van der Waals surface area (Å²) >= 11 is 0. The molecular weight excluding hydrogens is 243 g/mol. The number of nitrogens with zero attached hydrogens (tertiary/aromatic N) is 1. The maximum Gasteiger partial charge on any atom is 0.317 e. The molecule has 0 atom stereocenters. The molecular formula is C15H23FN2O. The molecule has 1 rings (SSSR count). The minimum absolute atomic E-state index is 0.112. The standard InChI is InChI=1S/C15H23FN2O/c1-3-5-11-18(10-4-2)15(19)17-12-13-8-6-7-9-14(13)16/h6-9H,3-5,10-12H2,1-2H3,(H,17,19). The largest absolute Gasteiger partial charge is 0.334 e. The lowest BCUT2D eigenvalue weighted by atomic mass is 10.2. The van der Waals surface area contributed by atoms with Crippen LogP contribution in [0.25, 0.3) is 0 Å². The van der Waals surface area contributed by atoms with Crippen LogP contribution in [0, 0.1) is 5.82 Å². The van der Waals surface area contributed by atoms with E-state index in [0.717, 1.165) is 32.4 Å². The normalized spacial score (nSPS) is 10.3. The van der Waals surface area contributed by atoms with Crippen molar-refractivity contribution in [1.29, 1.82) is 0 Å². The quantitative estimate of drug-likeness (QED) is 0.804. The van der Waals surface area contributed by atoms with Crippen LogP contribution in [0.15, 0.2) is 24.3 Å². The lowest BCUT2D eigenvalue weighted by Crippen LogP contribution is -2.40. The first kappa shape index (κ1) is 15.5. The van der Waals surface area contributed by atoms with Crippen molar-refractivity contribution in [2.45, 2.75) is 39.7 Å². The SMILES string of the molecule is CCCCN(CCC)C(=O)NCc1ccccc1F. The van der Waals surface area contributed by atoms with Crippen molar-refractivity contribution in [3.63, 3.8) is 0 Å². The number of amides is 2. The van der Waals surface area contributed by atoms with Crippen LogP contribution in [0.5, 0.6) is 0 Å². The second-order valence-electron chi connectivity index (χ2n) is 4.59. The van der Waals surface area contributed by atoms with Gasteiger partial charge in [-0.05, 0) is 18.9 Å². The van der Waals surface area contributed by atoms with Gasteiger partial charge in [-0.15, -0.1) is 0 Å². The smallest absolute Gasteiger partial charge is 0.317 e. The van der Waals surface area contributed by atoms with Gasteiger partial charge in [0.1, 0.15) is 5.82 Å². The monoisotopic (exact) mass is 266 g/mol. The van der Waals surface area contributed by atoms with Gasteiger partial charge >= 0.3 is 6.03 Å². The lowest BCUT2D eigenvalue weighted by Gasteiger charge is -2.22. The summed E-state index contributed by atoms with van der Waals surface area (Å²) in [6.07, 6.45) is 2.98. The molecule has 2 amide bonds. The number of halogens is 1. The molecule has 0 bridgehead atoms. The van der Waals surface area contributed by atoms with Gasteiger partial charge in [0.2, 0.25) is 0 Å². The molecule has 0 aliphatic carbocycles. The topological polar surface area (TPSA) is 32.3 Å². The third-order valence-electron chi connectivity index (χ3n) is 2.95. The first-order chi connectivity index (χ1) is 9.19. The Labute approximate surface area is 114 Å². The molecule has 0 radical (unpaired) electrons. The molecule has 0 saturated heterocycles. The Morgan fingerprint density at radius 1 is 1.21 bits per heavy atom. The van der Waals surface area contributed by atoms with E-state index in [9.17, 15) is 9.18 Å². The van der Waals surface area contributed by atoms with Gasteiger partial charge in [0.05, 0.1) is 0 Å². The molecule has 4 heteroatoms. The van der Waals surface area contributed by atoms with Crippen LogP contribution < -0.4 is 5.32 Å². The molecule has 1 aromatic carbocycles. The number of carbonyl (C=O) groups excluding carboxylic acids is 1. The lowest BCUT2D eigenvalue weighted by molar-refractivity contribution is 0.196. The summed E-state index contributed by atoms with van der Waals surface area (Å²) < 4.78 is 13.4. The van der Waals surface area contributed by atoms with Crippen molar-refractivity contribution in [3.05, 3.63) is 35.6 Å². The average Bonchev–Trinajstić information content (AvgIpc) is 2.42. The highest BCUT2D eigenvalue weighted by molar-refractivity contribution is 5.74. The molecule has 1 N–H and O–H groups in total. The fourth-order valence-electron chi connectivity index (χ4n) is 1.86. The molecule has 3 nitrogen and oxygen atoms in total. The second-order valence-corrected chi connectivity index (χ2v) is 4.59. The summed E-state index contributed by atoms with van der Waals surface area (Å²) in [5, 5.41) is 2.78. The molecule has 0 saturated carbocycles. The number of carbonyl (C=O) groups is 1. The van der Waals surface area contributed by atoms with E-state index in [4.69, 9.17) is 0 Å². The van der Waals surface area contributed by atoms with Crippen LogP contribution in [0.2, 0.25) is 0 Å². The molecule has 0 spiro atoms. The Morgan fingerprint density at radius 3 is 2.58 bits per heavy atom. The minimum Gasteiger partial charge on any atom is -0.334 e. The molecule has 0 fully saturated rings. The summed E-state index contributed by atoms with van der Waals surface area (Å²) in [5.74, 6) is -0.279. The van der Waals surface area contributed by atoms with Gasteiger partial charge in [0, 0.05) is 25.2 Å². The highest BCUT2D eigenvalue weighted by atomic mass is 19.1. The minimum atomic E-state index is -0.279. The third-order valence-corrected chi connectivity index (χ3v) is 2.95. The van der Waals surface area contributed by atoms with Crippen molar-refractivity contribution in [2.24, 2.45) is 0 Å². The number of unbranched alkanes of at least 4 members (excludes halogenated alkanes) is 1. The van der Waals surface area contributed by atoms with Gasteiger partial charge in [0.15, 0.2) is 0 Å². The van der Waals surface area contributed by atoms with E-state index in [2.05, 4.69) is 12.2 Å². The van der Waals surface area contributed by atoms with E-state index < -0.39 is 0 Å². The molecule has 0 aliphatic rings. The predicted octanol–water partition coefficient (Wildman–Crippen LogP) is 3.55. The highest BCUT2D eigenvalue weighted by Gasteiger charge is 2.12. The van der Waals surface area contributed by atoms with Gasteiger partial charge in [-0.1, -0.05) is 38.5 Å². The fourth-order valence-corrected chi connectivity index (χ4v) is 1.86. The van der Waals surface area contributed by atoms with E-state index >= 15 is 0 Å². The number of hydrogen-bond donors (Lipinski definition) is 1. The van der Waals surface area contributed by atoms with Crippen LogP contribution in [0.3, 0.4) is 0 Å². The Kier molecular flexibility index (Phi) is 6.93. The van der Waals surface area contributed by atoms with E-state index in [1.165, 1.54) is 6.07 Å². The van der Waals surface area contributed by atoms with E-state index in [1.54, 1.807) is 23.1 Å².